The van der Waals surface area contributed by atoms with Crippen LogP contribution in [0.25, 0.3) is 0 Å². The number of rotatable bonds is 1. The molecule has 0 radical (unpaired) electrons. The lowest BCUT2D eigenvalue weighted by Gasteiger charge is -2.33. The van der Waals surface area contributed by atoms with Crippen molar-refractivity contribution in [2.75, 3.05) is 0 Å². The first-order valence-corrected chi connectivity index (χ1v) is 5.83. The third-order valence-electron chi connectivity index (χ3n) is 3.01. The number of aliphatic carboxylic acids is 1. The molecule has 0 amide bonds. The van der Waals surface area contributed by atoms with Crippen molar-refractivity contribution in [1.29, 1.82) is 0 Å². The van der Waals surface area contributed by atoms with Crippen LogP contribution >= 0.6 is 11.6 Å². The van der Waals surface area contributed by atoms with Crippen molar-refractivity contribution in [2.24, 2.45) is 5.92 Å². The molecular weight excluding hydrogens is 285 g/mol. The Morgan fingerprint density at radius 2 is 2.11 bits per heavy atom. The van der Waals surface area contributed by atoms with E-state index in [2.05, 4.69) is 0 Å². The van der Waals surface area contributed by atoms with E-state index in [0.29, 0.717) is 16.1 Å². The summed E-state index contributed by atoms with van der Waals surface area (Å²) in [6.45, 7) is 1.57. The molecule has 2 atom stereocenters. The summed E-state index contributed by atoms with van der Waals surface area (Å²) in [7, 11) is 0. The molecule has 0 bridgehead atoms. The number of aryl methyl sites for hydroxylation is 1. The van der Waals surface area contributed by atoms with Gasteiger partial charge in [0, 0.05) is 5.02 Å². The number of carbonyl (C=O) groups is 1. The highest BCUT2D eigenvalue weighted by Crippen LogP contribution is 2.41. The van der Waals surface area contributed by atoms with Crippen molar-refractivity contribution < 1.29 is 27.8 Å². The molecule has 1 aliphatic heterocycles. The van der Waals surface area contributed by atoms with E-state index in [4.69, 9.17) is 21.4 Å². The van der Waals surface area contributed by atoms with Gasteiger partial charge >= 0.3 is 12.1 Å². The van der Waals surface area contributed by atoms with Crippen LogP contribution in [0, 0.1) is 12.8 Å². The number of halogens is 4. The van der Waals surface area contributed by atoms with Crippen LogP contribution in [0.1, 0.15) is 11.1 Å². The predicted molar refractivity (Wildman–Crippen MR) is 61.5 cm³/mol. The lowest BCUT2D eigenvalue weighted by molar-refractivity contribution is -0.217. The molecule has 1 aromatic rings. The Labute approximate surface area is 111 Å². The standard InChI is InChI=1S/C12H10ClF3O3/c1-5-2-7(13)3-6-4-8(11(17)18)10(12(14,15)16)19-9(5)6/h2-3,8,10H,4H2,1H3,(H,17,18)/t8-,10+/m1/s1. The summed E-state index contributed by atoms with van der Waals surface area (Å²) in [5.74, 6) is -3.12. The van der Waals surface area contributed by atoms with Crippen LogP contribution in [-0.2, 0) is 11.2 Å². The van der Waals surface area contributed by atoms with Crippen LogP contribution in [0.15, 0.2) is 12.1 Å². The second-order valence-electron chi connectivity index (χ2n) is 4.44. The van der Waals surface area contributed by atoms with E-state index in [1.807, 2.05) is 0 Å². The lowest BCUT2D eigenvalue weighted by atomic mass is 9.89. The van der Waals surface area contributed by atoms with Crippen LogP contribution in [0.5, 0.6) is 5.75 Å². The molecule has 0 saturated carbocycles. The maximum atomic E-state index is 12.8. The van der Waals surface area contributed by atoms with Crippen molar-refractivity contribution in [2.45, 2.75) is 25.6 Å². The van der Waals surface area contributed by atoms with Gasteiger partial charge in [-0.2, -0.15) is 13.2 Å². The van der Waals surface area contributed by atoms with E-state index in [1.54, 1.807) is 6.92 Å². The van der Waals surface area contributed by atoms with Crippen LogP contribution in [0.2, 0.25) is 5.02 Å². The van der Waals surface area contributed by atoms with Gasteiger partial charge in [0.05, 0.1) is 0 Å². The maximum Gasteiger partial charge on any atom is 0.426 e. The van der Waals surface area contributed by atoms with Gasteiger partial charge in [0.25, 0.3) is 0 Å². The molecule has 2 rings (SSSR count). The molecule has 0 aromatic heterocycles. The Morgan fingerprint density at radius 1 is 1.47 bits per heavy atom. The average Bonchev–Trinajstić information content (AvgIpc) is 2.25. The summed E-state index contributed by atoms with van der Waals surface area (Å²) >= 11 is 5.81. The van der Waals surface area contributed by atoms with E-state index in [1.165, 1.54) is 12.1 Å². The van der Waals surface area contributed by atoms with E-state index in [9.17, 15) is 18.0 Å². The van der Waals surface area contributed by atoms with Crippen LogP contribution in [-0.4, -0.2) is 23.4 Å². The normalized spacial score (nSPS) is 22.6. The fourth-order valence-electron chi connectivity index (χ4n) is 2.18. The summed E-state index contributed by atoms with van der Waals surface area (Å²) in [6.07, 6.45) is -7.32. The maximum absolute atomic E-state index is 12.8. The number of ether oxygens (including phenoxy) is 1. The van der Waals surface area contributed by atoms with E-state index in [-0.39, 0.29) is 12.2 Å². The minimum atomic E-state index is -4.73. The van der Waals surface area contributed by atoms with E-state index >= 15 is 0 Å². The number of fused-ring (bicyclic) bond motifs is 1. The van der Waals surface area contributed by atoms with Gasteiger partial charge in [0.15, 0.2) is 0 Å². The third-order valence-corrected chi connectivity index (χ3v) is 3.22. The summed E-state index contributed by atoms with van der Waals surface area (Å²) in [4.78, 5) is 11.0. The molecule has 0 fully saturated rings. The Balaban J connectivity index is 2.48. The summed E-state index contributed by atoms with van der Waals surface area (Å²) < 4.78 is 43.4. The van der Waals surface area contributed by atoms with Crippen molar-refractivity contribution in [3.05, 3.63) is 28.3 Å². The summed E-state index contributed by atoms with van der Waals surface area (Å²) in [5.41, 5.74) is 0.846. The van der Waals surface area contributed by atoms with Gasteiger partial charge in [-0.05, 0) is 36.6 Å². The molecule has 7 heteroatoms. The Morgan fingerprint density at radius 3 is 2.63 bits per heavy atom. The molecule has 19 heavy (non-hydrogen) atoms. The molecular formula is C12H10ClF3O3. The minimum Gasteiger partial charge on any atom is -0.481 e. The van der Waals surface area contributed by atoms with Gasteiger partial charge in [-0.1, -0.05) is 11.6 Å². The van der Waals surface area contributed by atoms with Gasteiger partial charge < -0.3 is 9.84 Å². The highest BCUT2D eigenvalue weighted by Gasteiger charge is 2.52. The zero-order valence-electron chi connectivity index (χ0n) is 9.79. The van der Waals surface area contributed by atoms with Gasteiger partial charge in [-0.3, -0.25) is 4.79 Å². The fraction of sp³-hybridized carbons (Fsp3) is 0.417. The molecule has 1 aromatic carbocycles. The number of alkyl halides is 3. The molecule has 0 unspecified atom stereocenters. The molecule has 3 nitrogen and oxygen atoms in total. The third kappa shape index (κ3) is 2.63. The zero-order chi connectivity index (χ0) is 14.4. The topological polar surface area (TPSA) is 46.5 Å². The number of benzene rings is 1. The number of hydrogen-bond acceptors (Lipinski definition) is 2. The molecule has 0 saturated heterocycles. The predicted octanol–water partition coefficient (Wildman–Crippen LogP) is 3.22. The minimum absolute atomic E-state index is 0.0734. The van der Waals surface area contributed by atoms with E-state index < -0.39 is 24.2 Å². The number of hydrogen-bond donors (Lipinski definition) is 1. The molecule has 1 heterocycles. The quantitative estimate of drug-likeness (QED) is 0.865. The van der Waals surface area contributed by atoms with E-state index in [0.717, 1.165) is 0 Å². The monoisotopic (exact) mass is 294 g/mol. The first kappa shape index (κ1) is 14.0. The highest BCUT2D eigenvalue weighted by atomic mass is 35.5. The molecule has 0 aliphatic carbocycles. The Kier molecular flexibility index (Phi) is 3.38. The summed E-state index contributed by atoms with van der Waals surface area (Å²) in [6, 6.07) is 2.92. The first-order valence-electron chi connectivity index (χ1n) is 5.45. The Bertz CT molecular complexity index is 528. The second kappa shape index (κ2) is 4.59. The Hall–Kier alpha value is -1.43. The van der Waals surface area contributed by atoms with Crippen LogP contribution in [0.4, 0.5) is 13.2 Å². The van der Waals surface area contributed by atoms with Crippen LogP contribution < -0.4 is 4.74 Å². The van der Waals surface area contributed by atoms with Gasteiger partial charge in [0.1, 0.15) is 11.7 Å². The zero-order valence-corrected chi connectivity index (χ0v) is 10.5. The fourth-order valence-corrected chi connectivity index (χ4v) is 2.48. The molecule has 104 valence electrons. The smallest absolute Gasteiger partial charge is 0.426 e. The molecule has 1 N–H and O–H groups in total. The lowest BCUT2D eigenvalue weighted by Crippen LogP contribution is -2.47. The molecule has 0 spiro atoms. The second-order valence-corrected chi connectivity index (χ2v) is 4.88. The van der Waals surface area contributed by atoms with Gasteiger partial charge in [-0.25, -0.2) is 0 Å². The van der Waals surface area contributed by atoms with Crippen molar-refractivity contribution in [1.82, 2.24) is 0 Å². The first-order chi connectivity index (χ1) is 8.70. The molecule has 1 aliphatic rings. The largest absolute Gasteiger partial charge is 0.481 e. The van der Waals surface area contributed by atoms with Crippen molar-refractivity contribution >= 4 is 17.6 Å². The van der Waals surface area contributed by atoms with Gasteiger partial charge in [-0.15, -0.1) is 0 Å². The average molecular weight is 295 g/mol. The SMILES string of the molecule is Cc1cc(Cl)cc2c1O[C@H](C(F)(F)F)[C@H](C(=O)O)C2. The van der Waals surface area contributed by atoms with Crippen LogP contribution in [0.3, 0.4) is 0 Å². The highest BCUT2D eigenvalue weighted by molar-refractivity contribution is 6.30. The number of carboxylic acids is 1. The summed E-state index contributed by atoms with van der Waals surface area (Å²) in [5, 5.41) is 9.27. The van der Waals surface area contributed by atoms with Gasteiger partial charge in [0.2, 0.25) is 6.10 Å². The van der Waals surface area contributed by atoms with Crippen molar-refractivity contribution in [3.63, 3.8) is 0 Å². The number of carboxylic acid groups (broad SMARTS) is 1. The van der Waals surface area contributed by atoms with Crippen molar-refractivity contribution in [3.8, 4) is 5.75 Å².